The van der Waals surface area contributed by atoms with Crippen molar-refractivity contribution in [1.82, 2.24) is 14.3 Å². The second-order valence-electron chi connectivity index (χ2n) is 8.19. The molecule has 2 heterocycles. The normalized spacial score (nSPS) is 14.1. The molecule has 0 aliphatic heterocycles. The van der Waals surface area contributed by atoms with Crippen molar-refractivity contribution in [2.45, 2.75) is 19.8 Å². The quantitative estimate of drug-likeness (QED) is 0.668. The Balaban J connectivity index is 1.67. The number of pyridine rings is 1. The molecule has 0 N–H and O–H groups in total. The van der Waals surface area contributed by atoms with Crippen molar-refractivity contribution in [2.24, 2.45) is 0 Å². The standard InChI is InChI=1S/C24H28N4O/c1-17-5-10-24-25-22(16-28(24)15-17)21-14-19-6-8-20(27(4)12-11-26(2)3)13-18(19)7-9-23(21)29/h5-6,8,10,13-16H,7,9,11-12H2,1-4H3. The SMILES string of the molecule is Cc1ccc2nc(C3=Cc4ccc(N(C)CCN(C)C)cc4CCC3=O)cn2c1. The summed E-state index contributed by atoms with van der Waals surface area (Å²) in [5.41, 5.74) is 7.02. The minimum absolute atomic E-state index is 0.156. The Morgan fingerprint density at radius 3 is 2.66 bits per heavy atom. The highest BCUT2D eigenvalue weighted by Gasteiger charge is 2.20. The van der Waals surface area contributed by atoms with Gasteiger partial charge < -0.3 is 14.2 Å². The van der Waals surface area contributed by atoms with Crippen molar-refractivity contribution in [1.29, 1.82) is 0 Å². The van der Waals surface area contributed by atoms with E-state index in [9.17, 15) is 4.79 Å². The monoisotopic (exact) mass is 388 g/mol. The Morgan fingerprint density at radius 2 is 1.86 bits per heavy atom. The molecule has 5 heteroatoms. The minimum Gasteiger partial charge on any atom is -0.373 e. The number of likely N-dealkylation sites (N-methyl/N-ethyl adjacent to an activating group) is 2. The molecule has 29 heavy (non-hydrogen) atoms. The Labute approximate surface area is 172 Å². The van der Waals surface area contributed by atoms with E-state index in [4.69, 9.17) is 4.98 Å². The van der Waals surface area contributed by atoms with Crippen LogP contribution in [0.25, 0.3) is 17.3 Å². The fraction of sp³-hybridized carbons (Fsp3) is 0.333. The Bertz CT molecular complexity index is 1090. The van der Waals surface area contributed by atoms with Crippen LogP contribution in [0.5, 0.6) is 0 Å². The van der Waals surface area contributed by atoms with Crippen LogP contribution in [0.4, 0.5) is 5.69 Å². The fourth-order valence-electron chi connectivity index (χ4n) is 3.73. The number of hydrogen-bond acceptors (Lipinski definition) is 4. The number of nitrogens with zero attached hydrogens (tertiary/aromatic N) is 4. The second kappa shape index (κ2) is 7.84. The molecule has 0 amide bonds. The van der Waals surface area contributed by atoms with Gasteiger partial charge in [0.05, 0.1) is 5.69 Å². The summed E-state index contributed by atoms with van der Waals surface area (Å²) in [7, 11) is 6.29. The molecule has 1 aliphatic rings. The number of allylic oxidation sites excluding steroid dienone is 1. The van der Waals surface area contributed by atoms with Crippen molar-refractivity contribution in [3.8, 4) is 0 Å². The van der Waals surface area contributed by atoms with Gasteiger partial charge >= 0.3 is 0 Å². The lowest BCUT2D eigenvalue weighted by molar-refractivity contribution is -0.113. The number of rotatable bonds is 5. The van der Waals surface area contributed by atoms with E-state index in [0.717, 1.165) is 36.4 Å². The maximum absolute atomic E-state index is 12.9. The van der Waals surface area contributed by atoms with Gasteiger partial charge in [0.15, 0.2) is 5.78 Å². The van der Waals surface area contributed by atoms with Crippen molar-refractivity contribution >= 4 is 28.8 Å². The van der Waals surface area contributed by atoms with Gasteiger partial charge in [-0.25, -0.2) is 4.98 Å². The molecule has 1 aliphatic carbocycles. The summed E-state index contributed by atoms with van der Waals surface area (Å²) in [6.07, 6.45) is 7.29. The molecule has 2 aromatic heterocycles. The third-order valence-corrected chi connectivity index (χ3v) is 5.55. The summed E-state index contributed by atoms with van der Waals surface area (Å²) < 4.78 is 1.99. The molecule has 0 saturated heterocycles. The zero-order chi connectivity index (χ0) is 20.5. The van der Waals surface area contributed by atoms with Gasteiger partial charge in [-0.3, -0.25) is 4.79 Å². The van der Waals surface area contributed by atoms with Gasteiger partial charge in [0.2, 0.25) is 0 Å². The number of fused-ring (bicyclic) bond motifs is 2. The van der Waals surface area contributed by atoms with E-state index >= 15 is 0 Å². The number of carbonyl (C=O) groups is 1. The molecule has 4 rings (SSSR count). The van der Waals surface area contributed by atoms with E-state index in [2.05, 4.69) is 56.1 Å². The first-order valence-electron chi connectivity index (χ1n) is 10.1. The Hall–Kier alpha value is -2.92. The van der Waals surface area contributed by atoms with Crippen LogP contribution in [0.15, 0.2) is 42.7 Å². The molecule has 0 saturated carbocycles. The topological polar surface area (TPSA) is 40.9 Å². The molecule has 0 bridgehead atoms. The van der Waals surface area contributed by atoms with Crippen LogP contribution in [-0.4, -0.2) is 54.3 Å². The summed E-state index contributed by atoms with van der Waals surface area (Å²) >= 11 is 0. The Morgan fingerprint density at radius 1 is 1.03 bits per heavy atom. The summed E-state index contributed by atoms with van der Waals surface area (Å²) in [5.74, 6) is 0.156. The molecule has 0 spiro atoms. The van der Waals surface area contributed by atoms with Crippen molar-refractivity contribution in [3.63, 3.8) is 0 Å². The van der Waals surface area contributed by atoms with E-state index in [-0.39, 0.29) is 5.78 Å². The number of benzene rings is 1. The number of hydrogen-bond donors (Lipinski definition) is 0. The third kappa shape index (κ3) is 4.10. The lowest BCUT2D eigenvalue weighted by atomic mass is 10.0. The van der Waals surface area contributed by atoms with Crippen molar-refractivity contribution in [3.05, 3.63) is 65.1 Å². The van der Waals surface area contributed by atoms with E-state index in [0.29, 0.717) is 12.0 Å². The van der Waals surface area contributed by atoms with Gasteiger partial charge in [0.1, 0.15) is 5.65 Å². The van der Waals surface area contributed by atoms with Gasteiger partial charge in [-0.1, -0.05) is 12.1 Å². The van der Waals surface area contributed by atoms with E-state index in [1.54, 1.807) is 0 Å². The number of carbonyl (C=O) groups excluding carboxylic acids is 1. The molecule has 5 nitrogen and oxygen atoms in total. The highest BCUT2D eigenvalue weighted by atomic mass is 16.1. The van der Waals surface area contributed by atoms with Crippen LogP contribution < -0.4 is 4.90 Å². The molecular weight excluding hydrogens is 360 g/mol. The minimum atomic E-state index is 0.156. The molecule has 0 unspecified atom stereocenters. The van der Waals surface area contributed by atoms with Gasteiger partial charge in [0, 0.05) is 50.2 Å². The third-order valence-electron chi connectivity index (χ3n) is 5.55. The van der Waals surface area contributed by atoms with Crippen LogP contribution in [0.2, 0.25) is 0 Å². The maximum Gasteiger partial charge on any atom is 0.165 e. The van der Waals surface area contributed by atoms with Crippen LogP contribution in [0, 0.1) is 6.92 Å². The van der Waals surface area contributed by atoms with Gasteiger partial charge in [0.25, 0.3) is 0 Å². The summed E-state index contributed by atoms with van der Waals surface area (Å²) in [6, 6.07) is 10.5. The number of Topliss-reactive ketones (excluding diaryl/α,β-unsaturated/α-hetero) is 1. The number of anilines is 1. The number of imidazole rings is 1. The smallest absolute Gasteiger partial charge is 0.165 e. The van der Waals surface area contributed by atoms with Gasteiger partial charge in [-0.05, 0) is 68.4 Å². The molecule has 0 fully saturated rings. The highest BCUT2D eigenvalue weighted by Crippen LogP contribution is 2.29. The number of aromatic nitrogens is 2. The van der Waals surface area contributed by atoms with Crippen LogP contribution in [-0.2, 0) is 11.2 Å². The molecule has 0 radical (unpaired) electrons. The summed E-state index contributed by atoms with van der Waals surface area (Å²) in [4.78, 5) is 22.0. The van der Waals surface area contributed by atoms with Crippen LogP contribution in [0.1, 0.15) is 28.8 Å². The second-order valence-corrected chi connectivity index (χ2v) is 8.19. The van der Waals surface area contributed by atoms with Gasteiger partial charge in [-0.15, -0.1) is 0 Å². The predicted octanol–water partition coefficient (Wildman–Crippen LogP) is 3.70. The predicted molar refractivity (Wildman–Crippen MR) is 119 cm³/mol. The van der Waals surface area contributed by atoms with Crippen molar-refractivity contribution < 1.29 is 4.79 Å². The lowest BCUT2D eigenvalue weighted by Gasteiger charge is -2.22. The molecule has 1 aromatic carbocycles. The van der Waals surface area contributed by atoms with Gasteiger partial charge in [-0.2, -0.15) is 0 Å². The summed E-state index contributed by atoms with van der Waals surface area (Å²) in [5, 5.41) is 0. The Kier molecular flexibility index (Phi) is 5.24. The van der Waals surface area contributed by atoms with Crippen LogP contribution >= 0.6 is 0 Å². The summed E-state index contributed by atoms with van der Waals surface area (Å²) in [6.45, 7) is 4.02. The van der Waals surface area contributed by atoms with E-state index < -0.39 is 0 Å². The lowest BCUT2D eigenvalue weighted by Crippen LogP contribution is -2.28. The fourth-order valence-corrected chi connectivity index (χ4v) is 3.73. The first kappa shape index (κ1) is 19.4. The van der Waals surface area contributed by atoms with E-state index in [1.165, 1.54) is 16.8 Å². The molecule has 0 atom stereocenters. The number of ketones is 1. The zero-order valence-corrected chi connectivity index (χ0v) is 17.6. The average Bonchev–Trinajstić information content (AvgIpc) is 3.03. The zero-order valence-electron chi connectivity index (χ0n) is 17.6. The average molecular weight is 389 g/mol. The molecule has 150 valence electrons. The largest absolute Gasteiger partial charge is 0.373 e. The maximum atomic E-state index is 12.9. The van der Waals surface area contributed by atoms with E-state index in [1.807, 2.05) is 35.0 Å². The highest BCUT2D eigenvalue weighted by molar-refractivity contribution is 6.25. The first-order valence-corrected chi connectivity index (χ1v) is 10.1. The first-order chi connectivity index (χ1) is 13.9. The molecular formula is C24H28N4O. The number of aryl methyl sites for hydroxylation is 2. The van der Waals surface area contributed by atoms with Crippen molar-refractivity contribution in [2.75, 3.05) is 39.1 Å². The van der Waals surface area contributed by atoms with Crippen LogP contribution in [0.3, 0.4) is 0 Å². The molecule has 3 aromatic rings.